The highest BCUT2D eigenvalue weighted by Crippen LogP contribution is 2.32. The summed E-state index contributed by atoms with van der Waals surface area (Å²) in [5, 5.41) is 9.26. The van der Waals surface area contributed by atoms with Crippen molar-refractivity contribution >= 4 is 0 Å². The quantitative estimate of drug-likeness (QED) is 0.754. The van der Waals surface area contributed by atoms with Gasteiger partial charge in [0, 0.05) is 13.0 Å². The van der Waals surface area contributed by atoms with E-state index in [4.69, 9.17) is 9.47 Å². The maximum Gasteiger partial charge on any atom is 0.417 e. The summed E-state index contributed by atoms with van der Waals surface area (Å²) < 4.78 is 47.6. The van der Waals surface area contributed by atoms with E-state index in [1.165, 1.54) is 0 Å². The summed E-state index contributed by atoms with van der Waals surface area (Å²) in [6.45, 7) is 2.49. The minimum atomic E-state index is -4.54. The minimum Gasteiger partial charge on any atom is -0.390 e. The average Bonchev–Trinajstić information content (AvgIpc) is 2.29. The second-order valence-corrected chi connectivity index (χ2v) is 4.60. The zero-order chi connectivity index (χ0) is 13.6. The number of aliphatic hydroxyl groups excluding tert-OH is 1. The molecule has 0 aliphatic carbocycles. The highest BCUT2D eigenvalue weighted by molar-refractivity contribution is 4.81. The minimum absolute atomic E-state index is 0.0593. The zero-order valence-corrected chi connectivity index (χ0v) is 10.6. The van der Waals surface area contributed by atoms with E-state index in [-0.39, 0.29) is 6.42 Å². The topological polar surface area (TPSA) is 38.7 Å². The summed E-state index contributed by atoms with van der Waals surface area (Å²) in [5.74, 6) is 0. The van der Waals surface area contributed by atoms with Crippen molar-refractivity contribution < 1.29 is 27.8 Å². The van der Waals surface area contributed by atoms with Crippen LogP contribution in [-0.4, -0.2) is 36.4 Å². The van der Waals surface area contributed by atoms with Crippen LogP contribution in [0.5, 0.6) is 0 Å². The lowest BCUT2D eigenvalue weighted by atomic mass is 10.0. The molecular weight excluding hydrogens is 249 g/mol. The lowest BCUT2D eigenvalue weighted by Crippen LogP contribution is -2.48. The van der Waals surface area contributed by atoms with Gasteiger partial charge in [-0.2, -0.15) is 13.2 Å². The number of hydrogen-bond acceptors (Lipinski definition) is 3. The number of hydrogen-bond donors (Lipinski definition) is 1. The lowest BCUT2D eigenvalue weighted by Gasteiger charge is -2.34. The standard InChI is InChI=1S/C12H21F3O3/c1-2-3-4-5-8-17-10-7-6-9(16)11(18-10)12(13,14)15/h9-11,16H,2-8H2,1H3/t9-,10-,11-/m0/s1. The Morgan fingerprint density at radius 2 is 1.94 bits per heavy atom. The third-order valence-electron chi connectivity index (χ3n) is 2.97. The summed E-state index contributed by atoms with van der Waals surface area (Å²) in [4.78, 5) is 0. The van der Waals surface area contributed by atoms with Crippen LogP contribution in [0.2, 0.25) is 0 Å². The molecule has 0 unspecified atom stereocenters. The summed E-state index contributed by atoms with van der Waals surface area (Å²) >= 11 is 0. The molecule has 3 nitrogen and oxygen atoms in total. The molecule has 0 spiro atoms. The van der Waals surface area contributed by atoms with Crippen LogP contribution in [-0.2, 0) is 9.47 Å². The zero-order valence-electron chi connectivity index (χ0n) is 10.6. The molecule has 1 rings (SSSR count). The highest BCUT2D eigenvalue weighted by atomic mass is 19.4. The van der Waals surface area contributed by atoms with Gasteiger partial charge in [0.1, 0.15) is 0 Å². The first-order chi connectivity index (χ1) is 8.45. The molecule has 0 radical (unpaired) electrons. The van der Waals surface area contributed by atoms with E-state index in [0.717, 1.165) is 25.7 Å². The molecule has 108 valence electrons. The maximum absolute atomic E-state index is 12.5. The van der Waals surface area contributed by atoms with Crippen LogP contribution >= 0.6 is 0 Å². The second-order valence-electron chi connectivity index (χ2n) is 4.60. The average molecular weight is 270 g/mol. The Labute approximate surface area is 105 Å². The van der Waals surface area contributed by atoms with E-state index in [1.807, 2.05) is 0 Å². The van der Waals surface area contributed by atoms with Gasteiger partial charge < -0.3 is 14.6 Å². The Morgan fingerprint density at radius 3 is 2.56 bits per heavy atom. The van der Waals surface area contributed by atoms with E-state index in [0.29, 0.717) is 13.0 Å². The van der Waals surface area contributed by atoms with Gasteiger partial charge in [0.15, 0.2) is 12.4 Å². The molecule has 1 aliphatic rings. The summed E-state index contributed by atoms with van der Waals surface area (Å²) in [5.41, 5.74) is 0. The Kier molecular flexibility index (Phi) is 6.38. The third kappa shape index (κ3) is 5.12. The van der Waals surface area contributed by atoms with E-state index in [2.05, 4.69) is 6.92 Å². The van der Waals surface area contributed by atoms with E-state index < -0.39 is 24.7 Å². The van der Waals surface area contributed by atoms with E-state index >= 15 is 0 Å². The van der Waals surface area contributed by atoms with E-state index in [1.54, 1.807) is 0 Å². The molecule has 0 aromatic heterocycles. The number of aliphatic hydroxyl groups is 1. The van der Waals surface area contributed by atoms with Gasteiger partial charge in [0.05, 0.1) is 6.10 Å². The molecule has 3 atom stereocenters. The molecule has 0 saturated carbocycles. The Hall–Kier alpha value is -0.330. The van der Waals surface area contributed by atoms with Gasteiger partial charge in [-0.1, -0.05) is 26.2 Å². The van der Waals surface area contributed by atoms with Gasteiger partial charge >= 0.3 is 6.18 Å². The van der Waals surface area contributed by atoms with Gasteiger partial charge in [0.2, 0.25) is 0 Å². The highest BCUT2D eigenvalue weighted by Gasteiger charge is 2.48. The molecule has 1 fully saturated rings. The molecule has 0 amide bonds. The lowest BCUT2D eigenvalue weighted by molar-refractivity contribution is -0.311. The first-order valence-corrected chi connectivity index (χ1v) is 6.47. The van der Waals surface area contributed by atoms with Crippen molar-refractivity contribution in [2.45, 2.75) is 70.1 Å². The van der Waals surface area contributed by atoms with Crippen LogP contribution in [0.4, 0.5) is 13.2 Å². The molecule has 1 heterocycles. The summed E-state index contributed by atoms with van der Waals surface area (Å²) in [6.07, 6.45) is -4.59. The largest absolute Gasteiger partial charge is 0.417 e. The van der Waals surface area contributed by atoms with Crippen molar-refractivity contribution in [3.8, 4) is 0 Å². The van der Waals surface area contributed by atoms with Crippen LogP contribution in [0.3, 0.4) is 0 Å². The van der Waals surface area contributed by atoms with Crippen LogP contribution in [0, 0.1) is 0 Å². The molecule has 1 aliphatic heterocycles. The van der Waals surface area contributed by atoms with Crippen LogP contribution < -0.4 is 0 Å². The third-order valence-corrected chi connectivity index (χ3v) is 2.97. The van der Waals surface area contributed by atoms with Crippen molar-refractivity contribution in [1.82, 2.24) is 0 Å². The van der Waals surface area contributed by atoms with Gasteiger partial charge in [-0.15, -0.1) is 0 Å². The number of unbranched alkanes of at least 4 members (excludes halogenated alkanes) is 3. The van der Waals surface area contributed by atoms with Crippen molar-refractivity contribution in [3.05, 3.63) is 0 Å². The van der Waals surface area contributed by atoms with Crippen molar-refractivity contribution in [3.63, 3.8) is 0 Å². The second kappa shape index (κ2) is 7.31. The van der Waals surface area contributed by atoms with Crippen molar-refractivity contribution in [1.29, 1.82) is 0 Å². The van der Waals surface area contributed by atoms with E-state index in [9.17, 15) is 18.3 Å². The SMILES string of the molecule is CCCCCCO[C@@H]1CC[C@H](O)[C@@H](C(F)(F)F)O1. The van der Waals surface area contributed by atoms with Gasteiger partial charge in [-0.3, -0.25) is 0 Å². The first kappa shape index (κ1) is 15.7. The summed E-state index contributed by atoms with van der Waals surface area (Å²) in [6, 6.07) is 0. The van der Waals surface area contributed by atoms with Crippen molar-refractivity contribution in [2.75, 3.05) is 6.61 Å². The van der Waals surface area contributed by atoms with Gasteiger partial charge in [-0.05, 0) is 12.8 Å². The fraction of sp³-hybridized carbons (Fsp3) is 1.00. The number of ether oxygens (including phenoxy) is 2. The molecule has 1 N–H and O–H groups in total. The van der Waals surface area contributed by atoms with Crippen LogP contribution in [0.1, 0.15) is 45.4 Å². The number of halogens is 3. The van der Waals surface area contributed by atoms with Gasteiger partial charge in [0.25, 0.3) is 0 Å². The predicted molar refractivity (Wildman–Crippen MR) is 60.1 cm³/mol. The molecule has 18 heavy (non-hydrogen) atoms. The number of alkyl halides is 3. The smallest absolute Gasteiger partial charge is 0.390 e. The molecule has 0 aromatic rings. The Balaban J connectivity index is 2.27. The Bertz CT molecular complexity index is 233. The fourth-order valence-corrected chi connectivity index (χ4v) is 1.94. The van der Waals surface area contributed by atoms with Crippen LogP contribution in [0.25, 0.3) is 0 Å². The van der Waals surface area contributed by atoms with Gasteiger partial charge in [-0.25, -0.2) is 0 Å². The maximum atomic E-state index is 12.5. The number of rotatable bonds is 6. The molecule has 1 saturated heterocycles. The molecule has 6 heteroatoms. The predicted octanol–water partition coefficient (Wildman–Crippen LogP) is 3.01. The normalized spacial score (nSPS) is 29.5. The first-order valence-electron chi connectivity index (χ1n) is 6.47. The molecule has 0 bridgehead atoms. The monoisotopic (exact) mass is 270 g/mol. The fourth-order valence-electron chi connectivity index (χ4n) is 1.94. The molecule has 0 aromatic carbocycles. The molecular formula is C12H21F3O3. The van der Waals surface area contributed by atoms with Crippen LogP contribution in [0.15, 0.2) is 0 Å². The van der Waals surface area contributed by atoms with Crippen molar-refractivity contribution in [2.24, 2.45) is 0 Å². The Morgan fingerprint density at radius 1 is 1.22 bits per heavy atom. The summed E-state index contributed by atoms with van der Waals surface area (Å²) in [7, 11) is 0.